The van der Waals surface area contributed by atoms with E-state index in [0.717, 1.165) is 38.8 Å². The summed E-state index contributed by atoms with van der Waals surface area (Å²) in [6.45, 7) is 4.01. The number of carbonyl (C=O) groups excluding carboxylic acids is 2. The molecule has 2 fully saturated rings. The van der Waals surface area contributed by atoms with Gasteiger partial charge in [-0.25, -0.2) is 4.79 Å². The lowest BCUT2D eigenvalue weighted by molar-refractivity contribution is -0.130. The van der Waals surface area contributed by atoms with E-state index in [-0.39, 0.29) is 24.5 Å². The maximum absolute atomic E-state index is 12.1. The Hall–Kier alpha value is -1.26. The van der Waals surface area contributed by atoms with Crippen LogP contribution in [0.25, 0.3) is 0 Å². The summed E-state index contributed by atoms with van der Waals surface area (Å²) in [5, 5.41) is 5.69. The molecule has 21 heavy (non-hydrogen) atoms. The van der Waals surface area contributed by atoms with Crippen LogP contribution in [0, 0.1) is 5.92 Å². The first-order valence-electron chi connectivity index (χ1n) is 8.47. The molecule has 1 atom stereocenters. The first-order valence-corrected chi connectivity index (χ1v) is 8.47. The van der Waals surface area contributed by atoms with E-state index < -0.39 is 0 Å². The van der Waals surface area contributed by atoms with Gasteiger partial charge in [-0.1, -0.05) is 26.2 Å². The van der Waals surface area contributed by atoms with Gasteiger partial charge in [0, 0.05) is 19.1 Å². The van der Waals surface area contributed by atoms with Crippen LogP contribution in [0.15, 0.2) is 0 Å². The van der Waals surface area contributed by atoms with Crippen LogP contribution in [-0.4, -0.2) is 42.5 Å². The van der Waals surface area contributed by atoms with Crippen molar-refractivity contribution in [1.29, 1.82) is 0 Å². The Kier molecular flexibility index (Phi) is 6.33. The van der Waals surface area contributed by atoms with Gasteiger partial charge in [-0.05, 0) is 38.0 Å². The fourth-order valence-electron chi connectivity index (χ4n) is 3.26. The van der Waals surface area contributed by atoms with E-state index in [1.165, 1.54) is 25.7 Å². The third-order valence-electron chi connectivity index (χ3n) is 4.71. The molecular weight excluding hydrogens is 266 g/mol. The van der Waals surface area contributed by atoms with Gasteiger partial charge < -0.3 is 15.5 Å². The average molecular weight is 295 g/mol. The zero-order chi connectivity index (χ0) is 15.1. The molecule has 120 valence electrons. The summed E-state index contributed by atoms with van der Waals surface area (Å²) in [4.78, 5) is 25.9. The van der Waals surface area contributed by atoms with E-state index in [1.54, 1.807) is 0 Å². The molecule has 0 radical (unpaired) electrons. The molecule has 0 bridgehead atoms. The van der Waals surface area contributed by atoms with Gasteiger partial charge in [0.15, 0.2) is 0 Å². The number of urea groups is 1. The van der Waals surface area contributed by atoms with Gasteiger partial charge in [0.2, 0.25) is 5.91 Å². The maximum Gasteiger partial charge on any atom is 0.315 e. The molecule has 1 heterocycles. The fraction of sp³-hybridized carbons (Fsp3) is 0.875. The van der Waals surface area contributed by atoms with Gasteiger partial charge in [-0.15, -0.1) is 0 Å². The number of nitrogens with zero attached hydrogens (tertiary/aromatic N) is 1. The minimum Gasteiger partial charge on any atom is -0.341 e. The molecule has 0 aromatic heterocycles. The highest BCUT2D eigenvalue weighted by Crippen LogP contribution is 2.17. The van der Waals surface area contributed by atoms with Gasteiger partial charge in [0.25, 0.3) is 0 Å². The van der Waals surface area contributed by atoms with Crippen LogP contribution >= 0.6 is 0 Å². The lowest BCUT2D eigenvalue weighted by Gasteiger charge is -2.24. The van der Waals surface area contributed by atoms with E-state index in [0.29, 0.717) is 5.92 Å². The topological polar surface area (TPSA) is 61.4 Å². The summed E-state index contributed by atoms with van der Waals surface area (Å²) in [6.07, 6.45) is 9.11. The summed E-state index contributed by atoms with van der Waals surface area (Å²) < 4.78 is 0. The van der Waals surface area contributed by atoms with Crippen molar-refractivity contribution in [3.05, 3.63) is 0 Å². The second kappa shape index (κ2) is 8.25. The largest absolute Gasteiger partial charge is 0.341 e. The smallest absolute Gasteiger partial charge is 0.315 e. The zero-order valence-corrected chi connectivity index (χ0v) is 13.2. The van der Waals surface area contributed by atoms with Crippen molar-refractivity contribution in [2.45, 2.75) is 64.3 Å². The Morgan fingerprint density at radius 1 is 1.00 bits per heavy atom. The van der Waals surface area contributed by atoms with Crippen molar-refractivity contribution < 1.29 is 9.59 Å². The van der Waals surface area contributed by atoms with Gasteiger partial charge in [0.05, 0.1) is 6.54 Å². The Bertz CT molecular complexity index is 353. The predicted octanol–water partition coefficient (Wildman–Crippen LogP) is 2.27. The monoisotopic (exact) mass is 295 g/mol. The third-order valence-corrected chi connectivity index (χ3v) is 4.71. The van der Waals surface area contributed by atoms with E-state index in [2.05, 4.69) is 17.6 Å². The average Bonchev–Trinajstić information content (AvgIpc) is 2.70. The van der Waals surface area contributed by atoms with Crippen LogP contribution in [0.2, 0.25) is 0 Å². The molecular formula is C16H29N3O2. The summed E-state index contributed by atoms with van der Waals surface area (Å²) in [5.74, 6) is 0.744. The zero-order valence-electron chi connectivity index (χ0n) is 13.2. The summed E-state index contributed by atoms with van der Waals surface area (Å²) in [7, 11) is 0. The van der Waals surface area contributed by atoms with Crippen LogP contribution in [0.5, 0.6) is 0 Å². The van der Waals surface area contributed by atoms with Crippen molar-refractivity contribution in [2.75, 3.05) is 19.6 Å². The molecule has 0 aromatic carbocycles. The molecule has 5 nitrogen and oxygen atoms in total. The Balaban J connectivity index is 1.66. The van der Waals surface area contributed by atoms with Crippen LogP contribution in [0.1, 0.15) is 58.3 Å². The fourth-order valence-corrected chi connectivity index (χ4v) is 3.26. The van der Waals surface area contributed by atoms with Gasteiger partial charge >= 0.3 is 6.03 Å². The number of nitrogens with one attached hydrogen (secondary N) is 2. The van der Waals surface area contributed by atoms with Crippen molar-refractivity contribution in [1.82, 2.24) is 15.5 Å². The quantitative estimate of drug-likeness (QED) is 0.839. The molecule has 0 spiro atoms. The number of amides is 3. The highest BCUT2D eigenvalue weighted by atomic mass is 16.2. The lowest BCUT2D eigenvalue weighted by atomic mass is 9.96. The van der Waals surface area contributed by atoms with E-state index in [1.807, 2.05) is 4.90 Å². The number of carbonyl (C=O) groups is 2. The molecule has 1 saturated heterocycles. The van der Waals surface area contributed by atoms with Crippen molar-refractivity contribution >= 4 is 11.9 Å². The molecule has 2 rings (SSSR count). The molecule has 1 saturated carbocycles. The molecule has 2 aliphatic rings. The van der Waals surface area contributed by atoms with Crippen LogP contribution in [-0.2, 0) is 4.79 Å². The highest BCUT2D eigenvalue weighted by Gasteiger charge is 2.20. The van der Waals surface area contributed by atoms with E-state index in [4.69, 9.17) is 0 Å². The number of hydrogen-bond acceptors (Lipinski definition) is 2. The SMILES string of the molecule is C[C@H]1CCCN(C(=O)CNC(=O)NC2CCCCC2)CC1. The third kappa shape index (κ3) is 5.56. The molecule has 3 amide bonds. The normalized spacial score (nSPS) is 24.2. The van der Waals surface area contributed by atoms with Crippen molar-refractivity contribution in [3.63, 3.8) is 0 Å². The van der Waals surface area contributed by atoms with Gasteiger partial charge in [0.1, 0.15) is 0 Å². The minimum atomic E-state index is -0.196. The standard InChI is InChI=1S/C16H29N3O2/c1-13-6-5-10-19(11-9-13)15(20)12-17-16(21)18-14-7-3-2-4-8-14/h13-14H,2-12H2,1H3,(H2,17,18,21)/t13-/m0/s1. The highest BCUT2D eigenvalue weighted by molar-refractivity contribution is 5.84. The van der Waals surface area contributed by atoms with Crippen LogP contribution in [0.4, 0.5) is 4.79 Å². The van der Waals surface area contributed by atoms with Crippen molar-refractivity contribution in [3.8, 4) is 0 Å². The second-order valence-corrected chi connectivity index (χ2v) is 6.58. The first-order chi connectivity index (χ1) is 10.1. The molecule has 1 aliphatic carbocycles. The van der Waals surface area contributed by atoms with Crippen LogP contribution in [0.3, 0.4) is 0 Å². The Labute approximate surface area is 127 Å². The van der Waals surface area contributed by atoms with E-state index in [9.17, 15) is 9.59 Å². The van der Waals surface area contributed by atoms with Crippen LogP contribution < -0.4 is 10.6 Å². The molecule has 1 aliphatic heterocycles. The van der Waals surface area contributed by atoms with Crippen molar-refractivity contribution in [2.24, 2.45) is 5.92 Å². The lowest BCUT2D eigenvalue weighted by Crippen LogP contribution is -2.47. The molecule has 0 unspecified atom stereocenters. The first kappa shape index (κ1) is 16.1. The number of hydrogen-bond donors (Lipinski definition) is 2. The summed E-state index contributed by atoms with van der Waals surface area (Å²) in [6, 6.07) is 0.0892. The Morgan fingerprint density at radius 3 is 2.52 bits per heavy atom. The minimum absolute atomic E-state index is 0.0443. The molecule has 0 aromatic rings. The summed E-state index contributed by atoms with van der Waals surface area (Å²) in [5.41, 5.74) is 0. The Morgan fingerprint density at radius 2 is 1.76 bits per heavy atom. The maximum atomic E-state index is 12.1. The number of rotatable bonds is 3. The number of likely N-dealkylation sites (tertiary alicyclic amines) is 1. The van der Waals surface area contributed by atoms with E-state index >= 15 is 0 Å². The molecule has 5 heteroatoms. The molecule has 2 N–H and O–H groups in total. The van der Waals surface area contributed by atoms with Gasteiger partial charge in [-0.2, -0.15) is 0 Å². The van der Waals surface area contributed by atoms with Gasteiger partial charge in [-0.3, -0.25) is 4.79 Å². The predicted molar refractivity (Wildman–Crippen MR) is 83.0 cm³/mol. The summed E-state index contributed by atoms with van der Waals surface area (Å²) >= 11 is 0. The second-order valence-electron chi connectivity index (χ2n) is 6.58.